The van der Waals surface area contributed by atoms with Crippen molar-refractivity contribution in [3.05, 3.63) is 23.3 Å². The fraction of sp³-hybridized carbons (Fsp3) is 0.583. The smallest absolute Gasteiger partial charge is 0.220 e. The average molecular weight is 223 g/mol. The monoisotopic (exact) mass is 223 g/mol. The molecule has 4 nitrogen and oxygen atoms in total. The van der Waals surface area contributed by atoms with E-state index in [1.165, 1.54) is 6.92 Å². The lowest BCUT2D eigenvalue weighted by Crippen LogP contribution is -2.47. The molecular weight excluding hydrogens is 206 g/mol. The zero-order chi connectivity index (χ0) is 11.9. The number of aliphatic hydroxyl groups is 2. The Morgan fingerprint density at radius 2 is 2.31 bits per heavy atom. The Labute approximate surface area is 94.9 Å². The zero-order valence-electron chi connectivity index (χ0n) is 9.55. The normalized spacial score (nSPS) is 30.6. The van der Waals surface area contributed by atoms with Crippen LogP contribution in [0.25, 0.3) is 0 Å². The van der Waals surface area contributed by atoms with Gasteiger partial charge in [0.15, 0.2) is 0 Å². The van der Waals surface area contributed by atoms with Crippen LogP contribution in [0.3, 0.4) is 0 Å². The minimum Gasteiger partial charge on any atom is -0.389 e. The van der Waals surface area contributed by atoms with E-state index >= 15 is 0 Å². The SMILES string of the molecule is CC(=O)N1CCC=C2C(C(C)O)=C[C@H](O)[C@H]21. The van der Waals surface area contributed by atoms with E-state index < -0.39 is 12.2 Å². The van der Waals surface area contributed by atoms with Crippen LogP contribution in [0, 0.1) is 0 Å². The molecule has 2 aliphatic rings. The van der Waals surface area contributed by atoms with Gasteiger partial charge in [-0.1, -0.05) is 6.08 Å². The number of rotatable bonds is 1. The quantitative estimate of drug-likeness (QED) is 0.668. The topological polar surface area (TPSA) is 60.8 Å². The highest BCUT2D eigenvalue weighted by Gasteiger charge is 2.39. The van der Waals surface area contributed by atoms with Crippen LogP contribution in [0.2, 0.25) is 0 Å². The first kappa shape index (κ1) is 11.4. The van der Waals surface area contributed by atoms with E-state index in [2.05, 4.69) is 0 Å². The first-order valence-corrected chi connectivity index (χ1v) is 5.58. The van der Waals surface area contributed by atoms with E-state index in [0.29, 0.717) is 6.54 Å². The van der Waals surface area contributed by atoms with Gasteiger partial charge in [-0.3, -0.25) is 4.79 Å². The standard InChI is InChI=1S/C12H17NO3/c1-7(14)10-6-11(16)12-9(10)4-3-5-13(12)8(2)15/h4,6-7,11-12,14,16H,3,5H2,1-2H3/t7?,11-,12-/m0/s1. The van der Waals surface area contributed by atoms with Crippen molar-refractivity contribution in [3.63, 3.8) is 0 Å². The Bertz CT molecular complexity index is 370. The van der Waals surface area contributed by atoms with Crippen LogP contribution in [-0.4, -0.2) is 45.8 Å². The van der Waals surface area contributed by atoms with Gasteiger partial charge in [-0.05, 0) is 30.6 Å². The maximum atomic E-state index is 11.5. The fourth-order valence-electron chi connectivity index (χ4n) is 2.55. The number of carbonyl (C=O) groups is 1. The van der Waals surface area contributed by atoms with Crippen LogP contribution in [0.5, 0.6) is 0 Å². The number of aliphatic hydroxyl groups excluding tert-OH is 2. The lowest BCUT2D eigenvalue weighted by molar-refractivity contribution is -0.132. The number of hydrogen-bond donors (Lipinski definition) is 2. The van der Waals surface area contributed by atoms with Crippen LogP contribution in [0.15, 0.2) is 23.3 Å². The Morgan fingerprint density at radius 1 is 1.62 bits per heavy atom. The number of amides is 1. The van der Waals surface area contributed by atoms with E-state index in [0.717, 1.165) is 17.6 Å². The number of hydrogen-bond acceptors (Lipinski definition) is 3. The summed E-state index contributed by atoms with van der Waals surface area (Å²) in [7, 11) is 0. The van der Waals surface area contributed by atoms with Crippen molar-refractivity contribution >= 4 is 5.91 Å². The van der Waals surface area contributed by atoms with Gasteiger partial charge < -0.3 is 15.1 Å². The van der Waals surface area contributed by atoms with Gasteiger partial charge in [-0.25, -0.2) is 0 Å². The molecule has 1 aliphatic heterocycles. The molecule has 0 radical (unpaired) electrons. The van der Waals surface area contributed by atoms with Gasteiger partial charge in [0.2, 0.25) is 5.91 Å². The summed E-state index contributed by atoms with van der Waals surface area (Å²) in [5, 5.41) is 19.6. The molecule has 0 aromatic rings. The highest BCUT2D eigenvalue weighted by atomic mass is 16.3. The third kappa shape index (κ3) is 1.68. The third-order valence-electron chi connectivity index (χ3n) is 3.25. The summed E-state index contributed by atoms with van der Waals surface area (Å²) >= 11 is 0. The molecule has 88 valence electrons. The largest absolute Gasteiger partial charge is 0.389 e. The molecule has 0 saturated heterocycles. The Hall–Kier alpha value is -1.13. The molecule has 0 spiro atoms. The zero-order valence-corrected chi connectivity index (χ0v) is 9.55. The molecule has 1 aliphatic carbocycles. The van der Waals surface area contributed by atoms with E-state index in [-0.39, 0.29) is 11.9 Å². The van der Waals surface area contributed by atoms with Gasteiger partial charge in [0, 0.05) is 13.5 Å². The van der Waals surface area contributed by atoms with Gasteiger partial charge in [0.05, 0.1) is 18.2 Å². The second-order valence-electron chi connectivity index (χ2n) is 4.39. The number of carbonyl (C=O) groups excluding carboxylic acids is 1. The maximum Gasteiger partial charge on any atom is 0.220 e. The van der Waals surface area contributed by atoms with Gasteiger partial charge in [-0.15, -0.1) is 0 Å². The highest BCUT2D eigenvalue weighted by Crippen LogP contribution is 2.35. The molecule has 0 aromatic carbocycles. The van der Waals surface area contributed by atoms with Gasteiger partial charge in [0.25, 0.3) is 0 Å². The van der Waals surface area contributed by atoms with Crippen molar-refractivity contribution in [1.29, 1.82) is 0 Å². The molecule has 0 saturated carbocycles. The molecule has 1 heterocycles. The molecule has 1 unspecified atom stereocenters. The summed E-state index contributed by atoms with van der Waals surface area (Å²) in [6.07, 6.45) is 3.15. The van der Waals surface area contributed by atoms with Crippen LogP contribution < -0.4 is 0 Å². The molecule has 2 rings (SSSR count). The van der Waals surface area contributed by atoms with Gasteiger partial charge in [-0.2, -0.15) is 0 Å². The minimum absolute atomic E-state index is 0.0325. The summed E-state index contributed by atoms with van der Waals surface area (Å²) in [4.78, 5) is 13.1. The predicted octanol–water partition coefficient (Wildman–Crippen LogP) is 0.215. The third-order valence-corrected chi connectivity index (χ3v) is 3.25. The Kier molecular flexibility index (Phi) is 2.86. The van der Waals surface area contributed by atoms with Crippen LogP contribution in [0.1, 0.15) is 20.3 Å². The molecule has 4 heteroatoms. The molecule has 0 aromatic heterocycles. The van der Waals surface area contributed by atoms with Crippen molar-refractivity contribution in [1.82, 2.24) is 4.90 Å². The average Bonchev–Trinajstić information content (AvgIpc) is 2.56. The van der Waals surface area contributed by atoms with Crippen LogP contribution in [0.4, 0.5) is 0 Å². The lowest BCUT2D eigenvalue weighted by atomic mass is 9.95. The summed E-state index contributed by atoms with van der Waals surface area (Å²) < 4.78 is 0. The molecular formula is C12H17NO3. The Morgan fingerprint density at radius 3 is 2.88 bits per heavy atom. The molecule has 3 atom stereocenters. The van der Waals surface area contributed by atoms with E-state index in [1.54, 1.807) is 17.9 Å². The first-order chi connectivity index (χ1) is 7.52. The minimum atomic E-state index is -0.694. The lowest BCUT2D eigenvalue weighted by Gasteiger charge is -2.35. The van der Waals surface area contributed by atoms with Crippen molar-refractivity contribution in [2.45, 2.75) is 38.5 Å². The van der Waals surface area contributed by atoms with E-state index in [1.807, 2.05) is 6.08 Å². The summed E-state index contributed by atoms with van der Waals surface area (Å²) in [5.74, 6) is -0.0325. The second kappa shape index (κ2) is 4.03. The first-order valence-electron chi connectivity index (χ1n) is 5.58. The number of nitrogens with zero attached hydrogens (tertiary/aromatic N) is 1. The summed E-state index contributed by atoms with van der Waals surface area (Å²) in [6, 6.07) is -0.296. The van der Waals surface area contributed by atoms with Crippen molar-refractivity contribution in [2.24, 2.45) is 0 Å². The predicted molar refractivity (Wildman–Crippen MR) is 59.6 cm³/mol. The molecule has 0 bridgehead atoms. The molecule has 16 heavy (non-hydrogen) atoms. The summed E-state index contributed by atoms with van der Waals surface area (Å²) in [5.41, 5.74) is 1.66. The summed E-state index contributed by atoms with van der Waals surface area (Å²) in [6.45, 7) is 3.83. The van der Waals surface area contributed by atoms with Crippen LogP contribution >= 0.6 is 0 Å². The molecule has 2 N–H and O–H groups in total. The molecule has 1 amide bonds. The fourth-order valence-corrected chi connectivity index (χ4v) is 2.55. The van der Waals surface area contributed by atoms with E-state index in [4.69, 9.17) is 0 Å². The Balaban J connectivity index is 2.33. The van der Waals surface area contributed by atoms with E-state index in [9.17, 15) is 15.0 Å². The highest BCUT2D eigenvalue weighted by molar-refractivity contribution is 5.75. The van der Waals surface area contributed by atoms with Crippen molar-refractivity contribution in [2.75, 3.05) is 6.54 Å². The molecule has 0 fully saturated rings. The maximum absolute atomic E-state index is 11.5. The van der Waals surface area contributed by atoms with Gasteiger partial charge >= 0.3 is 0 Å². The van der Waals surface area contributed by atoms with Crippen LogP contribution in [-0.2, 0) is 4.79 Å². The van der Waals surface area contributed by atoms with Crippen molar-refractivity contribution < 1.29 is 15.0 Å². The van der Waals surface area contributed by atoms with Crippen molar-refractivity contribution in [3.8, 4) is 0 Å². The van der Waals surface area contributed by atoms with Gasteiger partial charge in [0.1, 0.15) is 0 Å². The number of fused-ring (bicyclic) bond motifs is 1. The second-order valence-corrected chi connectivity index (χ2v) is 4.39.